The van der Waals surface area contributed by atoms with Crippen LogP contribution in [0, 0.1) is 6.92 Å². The van der Waals surface area contributed by atoms with Crippen LogP contribution in [0.1, 0.15) is 5.69 Å². The molecule has 0 radical (unpaired) electrons. The van der Waals surface area contributed by atoms with E-state index in [1.807, 2.05) is 37.3 Å². The van der Waals surface area contributed by atoms with E-state index in [0.29, 0.717) is 17.2 Å². The summed E-state index contributed by atoms with van der Waals surface area (Å²) in [5, 5.41) is 3.20. The molecule has 0 unspecified atom stereocenters. The molecule has 1 aromatic heterocycles. The average molecular weight is 259 g/mol. The first-order valence-electron chi connectivity index (χ1n) is 5.86. The van der Waals surface area contributed by atoms with E-state index in [0.717, 1.165) is 17.2 Å². The largest absolute Gasteiger partial charge is 0.493 e. The van der Waals surface area contributed by atoms with Crippen LogP contribution in [0.2, 0.25) is 0 Å². The molecule has 0 aliphatic rings. The number of nitrogens with two attached hydrogens (primary N) is 1. The van der Waals surface area contributed by atoms with Crippen molar-refractivity contribution in [3.63, 3.8) is 0 Å². The van der Waals surface area contributed by atoms with E-state index >= 15 is 0 Å². The quantitative estimate of drug-likeness (QED) is 0.883. The molecule has 100 valence electrons. The van der Waals surface area contributed by atoms with Crippen LogP contribution in [-0.4, -0.2) is 19.2 Å². The summed E-state index contributed by atoms with van der Waals surface area (Å²) < 4.78 is 10.4. The molecule has 0 amide bonds. The van der Waals surface area contributed by atoms with Crippen LogP contribution in [0.15, 0.2) is 30.3 Å². The molecule has 0 spiro atoms. The SMILES string of the molecule is COc1ccc(Nc2ccc(N)c(C)n2)cc1OC. The number of hydrogen-bond donors (Lipinski definition) is 2. The van der Waals surface area contributed by atoms with Gasteiger partial charge in [0.25, 0.3) is 0 Å². The molecule has 0 bridgehead atoms. The minimum absolute atomic E-state index is 0.666. The van der Waals surface area contributed by atoms with E-state index in [4.69, 9.17) is 15.2 Å². The van der Waals surface area contributed by atoms with Gasteiger partial charge in [-0.1, -0.05) is 0 Å². The van der Waals surface area contributed by atoms with Crippen molar-refractivity contribution in [3.05, 3.63) is 36.0 Å². The van der Waals surface area contributed by atoms with Crippen LogP contribution in [-0.2, 0) is 0 Å². The molecule has 0 saturated carbocycles. The Kier molecular flexibility index (Phi) is 3.75. The number of aromatic nitrogens is 1. The molecule has 0 fully saturated rings. The Labute approximate surface area is 112 Å². The highest BCUT2D eigenvalue weighted by Gasteiger charge is 2.05. The standard InChI is InChI=1S/C14H17N3O2/c1-9-11(15)5-7-14(16-9)17-10-4-6-12(18-2)13(8-10)19-3/h4-8H,15H2,1-3H3,(H,16,17). The van der Waals surface area contributed by atoms with Crippen molar-refractivity contribution < 1.29 is 9.47 Å². The zero-order valence-electron chi connectivity index (χ0n) is 11.2. The first kappa shape index (κ1) is 13.0. The van der Waals surface area contributed by atoms with Gasteiger partial charge in [0.1, 0.15) is 5.82 Å². The third kappa shape index (κ3) is 2.88. The highest BCUT2D eigenvalue weighted by atomic mass is 16.5. The molecule has 1 heterocycles. The number of benzene rings is 1. The number of rotatable bonds is 4. The maximum Gasteiger partial charge on any atom is 0.162 e. The lowest BCUT2D eigenvalue weighted by atomic mass is 10.2. The van der Waals surface area contributed by atoms with Crippen LogP contribution in [0.5, 0.6) is 11.5 Å². The lowest BCUT2D eigenvalue weighted by Crippen LogP contribution is -1.99. The average Bonchev–Trinajstić information content (AvgIpc) is 2.43. The smallest absolute Gasteiger partial charge is 0.162 e. The summed E-state index contributed by atoms with van der Waals surface area (Å²) in [6.07, 6.45) is 0. The van der Waals surface area contributed by atoms with E-state index in [9.17, 15) is 0 Å². The van der Waals surface area contributed by atoms with Crippen molar-refractivity contribution >= 4 is 17.2 Å². The number of aryl methyl sites for hydroxylation is 1. The Bertz CT molecular complexity index is 585. The molecular weight excluding hydrogens is 242 g/mol. The van der Waals surface area contributed by atoms with E-state index in [2.05, 4.69) is 10.3 Å². The number of pyridine rings is 1. The minimum Gasteiger partial charge on any atom is -0.493 e. The second-order valence-corrected chi connectivity index (χ2v) is 4.07. The van der Waals surface area contributed by atoms with E-state index in [-0.39, 0.29) is 0 Å². The molecule has 0 atom stereocenters. The summed E-state index contributed by atoms with van der Waals surface area (Å²) in [6.45, 7) is 1.87. The van der Waals surface area contributed by atoms with E-state index in [1.165, 1.54) is 0 Å². The van der Waals surface area contributed by atoms with Gasteiger partial charge in [0.15, 0.2) is 11.5 Å². The Morgan fingerprint density at radius 3 is 2.42 bits per heavy atom. The summed E-state index contributed by atoms with van der Waals surface area (Å²) in [4.78, 5) is 4.36. The van der Waals surface area contributed by atoms with Gasteiger partial charge in [-0.3, -0.25) is 0 Å². The normalized spacial score (nSPS) is 10.1. The molecule has 2 aromatic rings. The van der Waals surface area contributed by atoms with Crippen molar-refractivity contribution in [2.75, 3.05) is 25.3 Å². The first-order valence-corrected chi connectivity index (χ1v) is 5.86. The van der Waals surface area contributed by atoms with Crippen molar-refractivity contribution in [1.29, 1.82) is 0 Å². The summed E-state index contributed by atoms with van der Waals surface area (Å²) in [5.41, 5.74) is 8.08. The monoisotopic (exact) mass is 259 g/mol. The van der Waals surface area contributed by atoms with Crippen LogP contribution in [0.4, 0.5) is 17.2 Å². The fourth-order valence-corrected chi connectivity index (χ4v) is 1.70. The zero-order valence-corrected chi connectivity index (χ0v) is 11.2. The maximum absolute atomic E-state index is 5.74. The van der Waals surface area contributed by atoms with Crippen LogP contribution in [0.3, 0.4) is 0 Å². The molecule has 5 nitrogen and oxygen atoms in total. The zero-order chi connectivity index (χ0) is 13.8. The van der Waals surface area contributed by atoms with Gasteiger partial charge in [-0.25, -0.2) is 4.98 Å². The summed E-state index contributed by atoms with van der Waals surface area (Å²) in [7, 11) is 3.21. The summed E-state index contributed by atoms with van der Waals surface area (Å²) in [6, 6.07) is 9.25. The number of hydrogen-bond acceptors (Lipinski definition) is 5. The molecule has 5 heteroatoms. The second-order valence-electron chi connectivity index (χ2n) is 4.07. The molecule has 0 saturated heterocycles. The third-order valence-electron chi connectivity index (χ3n) is 2.78. The molecule has 0 aliphatic heterocycles. The van der Waals surface area contributed by atoms with Gasteiger partial charge in [-0.15, -0.1) is 0 Å². The van der Waals surface area contributed by atoms with E-state index in [1.54, 1.807) is 14.2 Å². The number of nitrogens with zero attached hydrogens (tertiary/aromatic N) is 1. The topological polar surface area (TPSA) is 69.4 Å². The predicted octanol–water partition coefficient (Wildman–Crippen LogP) is 2.73. The molecule has 1 aromatic carbocycles. The molecule has 19 heavy (non-hydrogen) atoms. The Hall–Kier alpha value is -2.43. The fourth-order valence-electron chi connectivity index (χ4n) is 1.70. The Balaban J connectivity index is 2.25. The molecule has 2 rings (SSSR count). The Morgan fingerprint density at radius 2 is 1.79 bits per heavy atom. The highest BCUT2D eigenvalue weighted by molar-refractivity contribution is 5.62. The van der Waals surface area contributed by atoms with Gasteiger partial charge in [0, 0.05) is 11.8 Å². The van der Waals surface area contributed by atoms with Gasteiger partial charge in [0.2, 0.25) is 0 Å². The van der Waals surface area contributed by atoms with Crippen LogP contribution >= 0.6 is 0 Å². The van der Waals surface area contributed by atoms with Crippen molar-refractivity contribution in [2.45, 2.75) is 6.92 Å². The van der Waals surface area contributed by atoms with Crippen LogP contribution < -0.4 is 20.5 Å². The molecular formula is C14H17N3O2. The lowest BCUT2D eigenvalue weighted by molar-refractivity contribution is 0.355. The van der Waals surface area contributed by atoms with E-state index < -0.39 is 0 Å². The van der Waals surface area contributed by atoms with Gasteiger partial charge < -0.3 is 20.5 Å². The summed E-state index contributed by atoms with van der Waals surface area (Å²) >= 11 is 0. The fraction of sp³-hybridized carbons (Fsp3) is 0.214. The van der Waals surface area contributed by atoms with Gasteiger partial charge in [0.05, 0.1) is 25.6 Å². The van der Waals surface area contributed by atoms with Crippen molar-refractivity contribution in [2.24, 2.45) is 0 Å². The van der Waals surface area contributed by atoms with Gasteiger partial charge in [-0.05, 0) is 31.2 Å². The number of methoxy groups -OCH3 is 2. The minimum atomic E-state index is 0.666. The molecule has 0 aliphatic carbocycles. The number of ether oxygens (including phenoxy) is 2. The third-order valence-corrected chi connectivity index (χ3v) is 2.78. The number of nitrogens with one attached hydrogen (secondary N) is 1. The predicted molar refractivity (Wildman–Crippen MR) is 76.2 cm³/mol. The van der Waals surface area contributed by atoms with Crippen molar-refractivity contribution in [3.8, 4) is 11.5 Å². The van der Waals surface area contributed by atoms with Gasteiger partial charge in [-0.2, -0.15) is 0 Å². The lowest BCUT2D eigenvalue weighted by Gasteiger charge is -2.11. The second kappa shape index (κ2) is 5.48. The Morgan fingerprint density at radius 1 is 1.05 bits per heavy atom. The van der Waals surface area contributed by atoms with Gasteiger partial charge >= 0.3 is 0 Å². The maximum atomic E-state index is 5.74. The summed E-state index contributed by atoms with van der Waals surface area (Å²) in [5.74, 6) is 2.09. The molecule has 3 N–H and O–H groups in total. The van der Waals surface area contributed by atoms with Crippen LogP contribution in [0.25, 0.3) is 0 Å². The first-order chi connectivity index (χ1) is 9.13. The van der Waals surface area contributed by atoms with Crippen molar-refractivity contribution in [1.82, 2.24) is 4.98 Å². The highest BCUT2D eigenvalue weighted by Crippen LogP contribution is 2.30. The number of anilines is 3. The number of nitrogen functional groups attached to an aromatic ring is 1.